The first kappa shape index (κ1) is 19.6. The number of nitrogens with one attached hydrogen (secondary N) is 1. The Balaban J connectivity index is 2.07. The van der Waals surface area contributed by atoms with Crippen LogP contribution in [-0.2, 0) is 0 Å². The molecule has 1 aromatic heterocycles. The average Bonchev–Trinajstić information content (AvgIpc) is 3.17. The van der Waals surface area contributed by atoms with E-state index < -0.39 is 0 Å². The van der Waals surface area contributed by atoms with Gasteiger partial charge in [0.25, 0.3) is 5.91 Å². The second-order valence-electron chi connectivity index (χ2n) is 6.73. The molecule has 0 radical (unpaired) electrons. The van der Waals surface area contributed by atoms with Crippen molar-refractivity contribution in [2.45, 2.75) is 6.92 Å². The number of hydrogen-bond acceptors (Lipinski definition) is 4. The molecule has 146 valence electrons. The van der Waals surface area contributed by atoms with Gasteiger partial charge in [-0.05, 0) is 38.2 Å². The molecule has 28 heavy (non-hydrogen) atoms. The number of aryl methyl sites for hydroxylation is 1. The molecular weight excluding hydrogens is 352 g/mol. The van der Waals surface area contributed by atoms with Crippen molar-refractivity contribution in [2.24, 2.45) is 0 Å². The van der Waals surface area contributed by atoms with Crippen LogP contribution in [-0.4, -0.2) is 54.9 Å². The van der Waals surface area contributed by atoms with Crippen molar-refractivity contribution in [1.82, 2.24) is 20.0 Å². The van der Waals surface area contributed by atoms with Crippen LogP contribution >= 0.6 is 0 Å². The van der Waals surface area contributed by atoms with E-state index in [2.05, 4.69) is 5.32 Å². The van der Waals surface area contributed by atoms with Crippen LogP contribution in [0.15, 0.2) is 54.7 Å². The van der Waals surface area contributed by atoms with Gasteiger partial charge in [-0.3, -0.25) is 4.79 Å². The van der Waals surface area contributed by atoms with E-state index in [0.29, 0.717) is 17.8 Å². The van der Waals surface area contributed by atoms with Crippen molar-refractivity contribution in [1.29, 1.82) is 0 Å². The molecule has 0 atom stereocenters. The zero-order chi connectivity index (χ0) is 20.1. The fourth-order valence-electron chi connectivity index (χ4n) is 2.93. The van der Waals surface area contributed by atoms with Gasteiger partial charge in [0, 0.05) is 31.9 Å². The Labute approximate surface area is 165 Å². The summed E-state index contributed by atoms with van der Waals surface area (Å²) in [5, 5.41) is 7.81. The van der Waals surface area contributed by atoms with Gasteiger partial charge in [0.1, 0.15) is 11.4 Å². The molecule has 0 aliphatic carbocycles. The van der Waals surface area contributed by atoms with Gasteiger partial charge >= 0.3 is 0 Å². The summed E-state index contributed by atoms with van der Waals surface area (Å²) in [7, 11) is 5.30. The van der Waals surface area contributed by atoms with Crippen LogP contribution in [0.25, 0.3) is 16.9 Å². The Morgan fingerprint density at radius 2 is 1.96 bits per heavy atom. The van der Waals surface area contributed by atoms with Crippen LogP contribution in [0.2, 0.25) is 0 Å². The molecule has 0 aliphatic rings. The normalized spacial score (nSPS) is 10.7. The molecule has 3 rings (SSSR count). The van der Waals surface area contributed by atoms with Crippen LogP contribution in [0, 0.1) is 6.92 Å². The lowest BCUT2D eigenvalue weighted by atomic mass is 10.1. The van der Waals surface area contributed by atoms with Crippen molar-refractivity contribution in [3.05, 3.63) is 65.9 Å². The fraction of sp³-hybridized carbons (Fsp3) is 0.273. The summed E-state index contributed by atoms with van der Waals surface area (Å²) in [4.78, 5) is 14.8. The molecule has 0 spiro atoms. The molecule has 1 N–H and O–H groups in total. The third-order valence-electron chi connectivity index (χ3n) is 4.63. The highest BCUT2D eigenvalue weighted by atomic mass is 16.5. The van der Waals surface area contributed by atoms with E-state index in [0.717, 1.165) is 23.5 Å². The number of amides is 1. The van der Waals surface area contributed by atoms with Crippen molar-refractivity contribution < 1.29 is 9.53 Å². The maximum absolute atomic E-state index is 13.1. The number of methoxy groups -OCH3 is 1. The van der Waals surface area contributed by atoms with E-state index >= 15 is 0 Å². The molecule has 2 aromatic carbocycles. The topological polar surface area (TPSA) is 59.4 Å². The SMILES string of the molecule is CNCCN(C)C(=O)c1cn(-c2ccc(C)cc2)nc1-c1cccc(OC)c1. The molecule has 1 heterocycles. The van der Waals surface area contributed by atoms with Crippen molar-refractivity contribution in [3.63, 3.8) is 0 Å². The highest BCUT2D eigenvalue weighted by Crippen LogP contribution is 2.27. The number of carbonyl (C=O) groups excluding carboxylic acids is 1. The van der Waals surface area contributed by atoms with Gasteiger partial charge in [0.15, 0.2) is 0 Å². The Morgan fingerprint density at radius 3 is 2.64 bits per heavy atom. The molecule has 0 bridgehead atoms. The molecule has 0 saturated carbocycles. The molecule has 0 fully saturated rings. The molecule has 0 unspecified atom stereocenters. The lowest BCUT2D eigenvalue weighted by Gasteiger charge is -2.16. The predicted octanol–water partition coefficient (Wildman–Crippen LogP) is 3.15. The Morgan fingerprint density at radius 1 is 1.21 bits per heavy atom. The van der Waals surface area contributed by atoms with E-state index in [4.69, 9.17) is 9.84 Å². The molecule has 3 aromatic rings. The molecule has 1 amide bonds. The highest BCUT2D eigenvalue weighted by Gasteiger charge is 2.21. The number of rotatable bonds is 7. The van der Waals surface area contributed by atoms with E-state index in [1.165, 1.54) is 5.56 Å². The van der Waals surface area contributed by atoms with Crippen molar-refractivity contribution in [2.75, 3.05) is 34.3 Å². The number of ether oxygens (including phenoxy) is 1. The first-order valence-corrected chi connectivity index (χ1v) is 9.24. The smallest absolute Gasteiger partial charge is 0.257 e. The first-order valence-electron chi connectivity index (χ1n) is 9.24. The number of likely N-dealkylation sites (N-methyl/N-ethyl adjacent to an activating group) is 2. The molecule has 0 saturated heterocycles. The number of benzene rings is 2. The van der Waals surface area contributed by atoms with Crippen LogP contribution in [0.4, 0.5) is 0 Å². The third kappa shape index (κ3) is 4.23. The lowest BCUT2D eigenvalue weighted by molar-refractivity contribution is 0.0797. The highest BCUT2D eigenvalue weighted by molar-refractivity contribution is 5.99. The first-order chi connectivity index (χ1) is 13.5. The van der Waals surface area contributed by atoms with Gasteiger partial charge in [-0.15, -0.1) is 0 Å². The monoisotopic (exact) mass is 378 g/mol. The Hall–Kier alpha value is -3.12. The zero-order valence-corrected chi connectivity index (χ0v) is 16.8. The van der Waals surface area contributed by atoms with E-state index in [-0.39, 0.29) is 5.91 Å². The second-order valence-corrected chi connectivity index (χ2v) is 6.73. The number of hydrogen-bond donors (Lipinski definition) is 1. The van der Waals surface area contributed by atoms with E-state index in [1.807, 2.05) is 62.5 Å². The minimum atomic E-state index is -0.0635. The van der Waals surface area contributed by atoms with Crippen LogP contribution in [0.1, 0.15) is 15.9 Å². The summed E-state index contributed by atoms with van der Waals surface area (Å²) in [5.74, 6) is 0.663. The van der Waals surface area contributed by atoms with Crippen LogP contribution < -0.4 is 10.1 Å². The van der Waals surface area contributed by atoms with Crippen molar-refractivity contribution >= 4 is 5.91 Å². The zero-order valence-electron chi connectivity index (χ0n) is 16.8. The minimum Gasteiger partial charge on any atom is -0.497 e. The van der Waals surface area contributed by atoms with Gasteiger partial charge in [0.05, 0.1) is 18.4 Å². The summed E-state index contributed by atoms with van der Waals surface area (Å²) in [5.41, 5.74) is 4.13. The largest absolute Gasteiger partial charge is 0.497 e. The van der Waals surface area contributed by atoms with E-state index in [1.54, 1.807) is 29.9 Å². The number of aromatic nitrogens is 2. The Kier molecular flexibility index (Phi) is 6.11. The molecule has 6 nitrogen and oxygen atoms in total. The number of carbonyl (C=O) groups is 1. The minimum absolute atomic E-state index is 0.0635. The van der Waals surface area contributed by atoms with Crippen LogP contribution in [0.5, 0.6) is 5.75 Å². The quantitative estimate of drug-likeness (QED) is 0.686. The van der Waals surface area contributed by atoms with E-state index in [9.17, 15) is 4.79 Å². The summed E-state index contributed by atoms with van der Waals surface area (Å²) < 4.78 is 7.10. The molecule has 0 aliphatic heterocycles. The fourth-order valence-corrected chi connectivity index (χ4v) is 2.93. The van der Waals surface area contributed by atoms with Gasteiger partial charge in [-0.1, -0.05) is 29.8 Å². The molecular formula is C22H26N4O2. The summed E-state index contributed by atoms with van der Waals surface area (Å²) in [6.07, 6.45) is 1.80. The second kappa shape index (κ2) is 8.71. The lowest BCUT2D eigenvalue weighted by Crippen LogP contribution is -2.32. The third-order valence-corrected chi connectivity index (χ3v) is 4.63. The Bertz CT molecular complexity index is 947. The summed E-state index contributed by atoms with van der Waals surface area (Å²) in [6, 6.07) is 15.7. The van der Waals surface area contributed by atoms with Gasteiger partial charge in [-0.2, -0.15) is 5.10 Å². The summed E-state index contributed by atoms with van der Waals surface area (Å²) >= 11 is 0. The molecule has 6 heteroatoms. The maximum atomic E-state index is 13.1. The van der Waals surface area contributed by atoms with Crippen molar-refractivity contribution in [3.8, 4) is 22.7 Å². The maximum Gasteiger partial charge on any atom is 0.257 e. The van der Waals surface area contributed by atoms with Gasteiger partial charge in [0.2, 0.25) is 0 Å². The standard InChI is InChI=1S/C22H26N4O2/c1-16-8-10-18(11-9-16)26-15-20(22(27)25(3)13-12-23-2)21(24-26)17-6-5-7-19(14-17)28-4/h5-11,14-15,23H,12-13H2,1-4H3. The summed E-state index contributed by atoms with van der Waals surface area (Å²) in [6.45, 7) is 3.38. The van der Waals surface area contributed by atoms with Gasteiger partial charge in [-0.25, -0.2) is 4.68 Å². The number of nitrogens with zero attached hydrogens (tertiary/aromatic N) is 3. The van der Waals surface area contributed by atoms with Gasteiger partial charge < -0.3 is 15.0 Å². The predicted molar refractivity (Wildman–Crippen MR) is 111 cm³/mol. The van der Waals surface area contributed by atoms with Crippen LogP contribution in [0.3, 0.4) is 0 Å². The average molecular weight is 378 g/mol.